The quantitative estimate of drug-likeness (QED) is 0.916. The first kappa shape index (κ1) is 14.2. The molecule has 1 aromatic heterocycles. The second-order valence-corrected chi connectivity index (χ2v) is 6.41. The van der Waals surface area contributed by atoms with Crippen molar-refractivity contribution < 1.29 is 4.79 Å². The van der Waals surface area contributed by atoms with Crippen LogP contribution in [-0.2, 0) is 0 Å². The van der Waals surface area contributed by atoms with Gasteiger partial charge in [-0.15, -0.1) is 11.3 Å². The molecule has 0 bridgehead atoms. The highest BCUT2D eigenvalue weighted by Gasteiger charge is 2.16. The summed E-state index contributed by atoms with van der Waals surface area (Å²) in [5.41, 5.74) is 2.63. The Kier molecular flexibility index (Phi) is 4.31. The highest BCUT2D eigenvalue weighted by atomic mass is 32.1. The molecule has 4 nitrogen and oxygen atoms in total. The van der Waals surface area contributed by atoms with Crippen LogP contribution in [0.2, 0.25) is 0 Å². The summed E-state index contributed by atoms with van der Waals surface area (Å²) in [5, 5.41) is 9.47. The lowest BCUT2D eigenvalue weighted by Gasteiger charge is -2.23. The minimum Gasteiger partial charge on any atom is -0.348 e. The number of thiazole rings is 1. The zero-order chi connectivity index (χ0) is 14.7. The molecule has 0 saturated carbocycles. The van der Waals surface area contributed by atoms with Crippen LogP contribution in [0.25, 0.3) is 11.3 Å². The van der Waals surface area contributed by atoms with Gasteiger partial charge in [0, 0.05) is 29.1 Å². The summed E-state index contributed by atoms with van der Waals surface area (Å²) in [4.78, 5) is 16.8. The Labute approximate surface area is 128 Å². The van der Waals surface area contributed by atoms with E-state index in [0.29, 0.717) is 5.56 Å². The van der Waals surface area contributed by atoms with E-state index in [1.807, 2.05) is 36.6 Å². The molecule has 110 valence electrons. The second kappa shape index (κ2) is 6.37. The minimum absolute atomic E-state index is 0.00231. The summed E-state index contributed by atoms with van der Waals surface area (Å²) in [6.45, 7) is 3.89. The van der Waals surface area contributed by atoms with Crippen LogP contribution in [-0.4, -0.2) is 30.0 Å². The van der Waals surface area contributed by atoms with Crippen LogP contribution in [0.5, 0.6) is 0 Å². The lowest BCUT2D eigenvalue weighted by molar-refractivity contribution is 0.0930. The van der Waals surface area contributed by atoms with Crippen molar-refractivity contribution in [3.05, 3.63) is 40.2 Å². The monoisotopic (exact) mass is 301 g/mol. The molecule has 1 aliphatic rings. The van der Waals surface area contributed by atoms with Crippen LogP contribution in [0.3, 0.4) is 0 Å². The number of rotatable bonds is 3. The van der Waals surface area contributed by atoms with E-state index in [1.54, 1.807) is 11.3 Å². The van der Waals surface area contributed by atoms with Crippen molar-refractivity contribution in [2.75, 3.05) is 13.1 Å². The molecule has 0 aliphatic carbocycles. The summed E-state index contributed by atoms with van der Waals surface area (Å²) in [5.74, 6) is -0.00231. The second-order valence-electron chi connectivity index (χ2n) is 5.35. The van der Waals surface area contributed by atoms with Crippen molar-refractivity contribution in [1.29, 1.82) is 0 Å². The molecule has 1 amide bonds. The molecule has 1 aliphatic heterocycles. The number of carbonyl (C=O) groups is 1. The van der Waals surface area contributed by atoms with Crippen LogP contribution < -0.4 is 10.6 Å². The standard InChI is InChI=1S/C16H19N3OS/c1-11-18-15(10-21-11)12-4-2-5-13(8-12)16(20)19-14-6-3-7-17-9-14/h2,4-5,8,10,14,17H,3,6-7,9H2,1H3,(H,19,20). The van der Waals surface area contributed by atoms with E-state index >= 15 is 0 Å². The van der Waals surface area contributed by atoms with E-state index in [9.17, 15) is 4.79 Å². The zero-order valence-corrected chi connectivity index (χ0v) is 12.9. The van der Waals surface area contributed by atoms with Gasteiger partial charge in [-0.3, -0.25) is 4.79 Å². The van der Waals surface area contributed by atoms with Crippen LogP contribution in [0.4, 0.5) is 0 Å². The van der Waals surface area contributed by atoms with Gasteiger partial charge in [-0.2, -0.15) is 0 Å². The van der Waals surface area contributed by atoms with Crippen molar-refractivity contribution >= 4 is 17.2 Å². The lowest BCUT2D eigenvalue weighted by atomic mass is 10.1. The first-order valence-electron chi connectivity index (χ1n) is 7.26. The van der Waals surface area contributed by atoms with Gasteiger partial charge in [-0.25, -0.2) is 4.98 Å². The molecule has 1 saturated heterocycles. The number of aryl methyl sites for hydroxylation is 1. The molecule has 1 fully saturated rings. The molecule has 0 radical (unpaired) electrons. The summed E-state index contributed by atoms with van der Waals surface area (Å²) < 4.78 is 0. The predicted octanol–water partition coefficient (Wildman–Crippen LogP) is 2.60. The van der Waals surface area contributed by atoms with Gasteiger partial charge in [0.1, 0.15) is 0 Å². The number of carbonyl (C=O) groups excluding carboxylic acids is 1. The van der Waals surface area contributed by atoms with Crippen LogP contribution in [0, 0.1) is 6.92 Å². The van der Waals surface area contributed by atoms with Crippen LogP contribution in [0.1, 0.15) is 28.2 Å². The number of amides is 1. The van der Waals surface area contributed by atoms with Crippen molar-refractivity contribution in [2.24, 2.45) is 0 Å². The fourth-order valence-electron chi connectivity index (χ4n) is 2.56. The largest absolute Gasteiger partial charge is 0.348 e. The SMILES string of the molecule is Cc1nc(-c2cccc(C(=O)NC3CCCNC3)c2)cs1. The van der Waals surface area contributed by atoms with Gasteiger partial charge in [-0.05, 0) is 38.4 Å². The van der Waals surface area contributed by atoms with Crippen LogP contribution >= 0.6 is 11.3 Å². The maximum atomic E-state index is 12.3. The molecule has 2 heterocycles. The van der Waals surface area contributed by atoms with Crippen molar-refractivity contribution in [3.8, 4) is 11.3 Å². The molecule has 2 N–H and O–H groups in total. The van der Waals surface area contributed by atoms with Gasteiger partial charge in [-0.1, -0.05) is 12.1 Å². The Hall–Kier alpha value is -1.72. The molecule has 2 aromatic rings. The van der Waals surface area contributed by atoms with Crippen LogP contribution in [0.15, 0.2) is 29.6 Å². The normalized spacial score (nSPS) is 18.4. The molecule has 5 heteroatoms. The fourth-order valence-corrected chi connectivity index (χ4v) is 3.18. The Morgan fingerprint density at radius 2 is 2.38 bits per heavy atom. The number of nitrogens with one attached hydrogen (secondary N) is 2. The lowest BCUT2D eigenvalue weighted by Crippen LogP contribution is -2.45. The van der Waals surface area contributed by atoms with E-state index < -0.39 is 0 Å². The highest BCUT2D eigenvalue weighted by Crippen LogP contribution is 2.22. The topological polar surface area (TPSA) is 54.0 Å². The molecule has 21 heavy (non-hydrogen) atoms. The maximum absolute atomic E-state index is 12.3. The third-order valence-electron chi connectivity index (χ3n) is 3.67. The molecule has 1 atom stereocenters. The smallest absolute Gasteiger partial charge is 0.251 e. The predicted molar refractivity (Wildman–Crippen MR) is 85.6 cm³/mol. The average molecular weight is 301 g/mol. The van der Waals surface area contributed by atoms with Gasteiger partial charge < -0.3 is 10.6 Å². The molecule has 0 spiro atoms. The van der Waals surface area contributed by atoms with Gasteiger partial charge in [0.15, 0.2) is 0 Å². The van der Waals surface area contributed by atoms with Gasteiger partial charge in [0.05, 0.1) is 10.7 Å². The van der Waals surface area contributed by atoms with E-state index in [0.717, 1.165) is 42.2 Å². The number of hydrogen-bond donors (Lipinski definition) is 2. The summed E-state index contributed by atoms with van der Waals surface area (Å²) >= 11 is 1.62. The third-order valence-corrected chi connectivity index (χ3v) is 4.45. The zero-order valence-electron chi connectivity index (χ0n) is 12.1. The number of benzene rings is 1. The average Bonchev–Trinajstić information content (AvgIpc) is 2.95. The molecule has 1 aromatic carbocycles. The number of piperidine rings is 1. The van der Waals surface area contributed by atoms with E-state index in [1.165, 1.54) is 0 Å². The van der Waals surface area contributed by atoms with Crippen molar-refractivity contribution in [3.63, 3.8) is 0 Å². The molecule has 1 unspecified atom stereocenters. The van der Waals surface area contributed by atoms with E-state index in [4.69, 9.17) is 0 Å². The number of hydrogen-bond acceptors (Lipinski definition) is 4. The Balaban J connectivity index is 1.74. The van der Waals surface area contributed by atoms with Gasteiger partial charge in [0.25, 0.3) is 5.91 Å². The maximum Gasteiger partial charge on any atom is 0.251 e. The summed E-state index contributed by atoms with van der Waals surface area (Å²) in [6, 6.07) is 7.91. The molecular formula is C16H19N3OS. The highest BCUT2D eigenvalue weighted by molar-refractivity contribution is 7.09. The Morgan fingerprint density at radius 1 is 1.48 bits per heavy atom. The Bertz CT molecular complexity index is 632. The molecular weight excluding hydrogens is 282 g/mol. The minimum atomic E-state index is -0.00231. The number of nitrogens with zero attached hydrogens (tertiary/aromatic N) is 1. The van der Waals surface area contributed by atoms with Crippen molar-refractivity contribution in [1.82, 2.24) is 15.6 Å². The Morgan fingerprint density at radius 3 is 3.10 bits per heavy atom. The van der Waals surface area contributed by atoms with E-state index in [-0.39, 0.29) is 11.9 Å². The first-order chi connectivity index (χ1) is 10.2. The van der Waals surface area contributed by atoms with E-state index in [2.05, 4.69) is 15.6 Å². The molecule has 3 rings (SSSR count). The summed E-state index contributed by atoms with van der Waals surface area (Å²) in [6.07, 6.45) is 2.16. The van der Waals surface area contributed by atoms with Crippen molar-refractivity contribution in [2.45, 2.75) is 25.8 Å². The van der Waals surface area contributed by atoms with Gasteiger partial charge in [0.2, 0.25) is 0 Å². The van der Waals surface area contributed by atoms with Gasteiger partial charge >= 0.3 is 0 Å². The first-order valence-corrected chi connectivity index (χ1v) is 8.14. The summed E-state index contributed by atoms with van der Waals surface area (Å²) in [7, 11) is 0. The fraction of sp³-hybridized carbons (Fsp3) is 0.375. The third kappa shape index (κ3) is 3.49. The number of aromatic nitrogens is 1.